The molecular formula is C20H23ClN2O2. The highest BCUT2D eigenvalue weighted by atomic mass is 35.5. The van der Waals surface area contributed by atoms with E-state index in [2.05, 4.69) is 22.3 Å². The molecule has 1 saturated heterocycles. The van der Waals surface area contributed by atoms with Gasteiger partial charge < -0.3 is 10.1 Å². The second kappa shape index (κ2) is 8.99. The third-order valence-electron chi connectivity index (χ3n) is 4.40. The molecule has 25 heavy (non-hydrogen) atoms. The number of rotatable bonds is 6. The van der Waals surface area contributed by atoms with Crippen molar-refractivity contribution in [3.8, 4) is 0 Å². The summed E-state index contributed by atoms with van der Waals surface area (Å²) in [7, 11) is 0. The summed E-state index contributed by atoms with van der Waals surface area (Å²) >= 11 is 6.12. The van der Waals surface area contributed by atoms with Crippen LogP contribution in [0.25, 0.3) is 0 Å². The second-order valence-corrected chi connectivity index (χ2v) is 6.61. The average Bonchev–Trinajstić information content (AvgIpc) is 2.64. The number of hydrogen-bond donors (Lipinski definition) is 1. The molecule has 1 aliphatic heterocycles. The van der Waals surface area contributed by atoms with Crippen LogP contribution in [0.15, 0.2) is 48.5 Å². The standard InChI is InChI=1S/C20H23ClN2O2/c21-19-8-4-3-5-16(19)13-20(24)22-14-17-6-1-2-7-18(17)15-23-9-11-25-12-10-23/h1-8H,9-15H2,(H,22,24). The normalized spacial score (nSPS) is 15.1. The minimum absolute atomic E-state index is 0.0192. The number of halogens is 1. The summed E-state index contributed by atoms with van der Waals surface area (Å²) in [5.41, 5.74) is 3.26. The van der Waals surface area contributed by atoms with Gasteiger partial charge >= 0.3 is 0 Å². The van der Waals surface area contributed by atoms with Crippen LogP contribution in [-0.4, -0.2) is 37.1 Å². The summed E-state index contributed by atoms with van der Waals surface area (Å²) in [5, 5.41) is 3.64. The quantitative estimate of drug-likeness (QED) is 0.863. The lowest BCUT2D eigenvalue weighted by atomic mass is 10.1. The van der Waals surface area contributed by atoms with E-state index in [1.807, 2.05) is 36.4 Å². The van der Waals surface area contributed by atoms with E-state index in [0.29, 0.717) is 18.0 Å². The number of benzene rings is 2. The van der Waals surface area contributed by atoms with E-state index >= 15 is 0 Å². The molecule has 0 bridgehead atoms. The van der Waals surface area contributed by atoms with Crippen molar-refractivity contribution in [2.45, 2.75) is 19.5 Å². The molecule has 4 nitrogen and oxygen atoms in total. The minimum atomic E-state index is -0.0192. The highest BCUT2D eigenvalue weighted by molar-refractivity contribution is 6.31. The third kappa shape index (κ3) is 5.30. The Labute approximate surface area is 153 Å². The van der Waals surface area contributed by atoms with E-state index in [-0.39, 0.29) is 5.91 Å². The van der Waals surface area contributed by atoms with Crippen LogP contribution >= 0.6 is 11.6 Å². The number of carbonyl (C=O) groups excluding carboxylic acids is 1. The van der Waals surface area contributed by atoms with Gasteiger partial charge in [-0.1, -0.05) is 54.1 Å². The molecule has 0 aromatic heterocycles. The zero-order valence-corrected chi connectivity index (χ0v) is 15.0. The Bertz CT molecular complexity index is 714. The van der Waals surface area contributed by atoms with E-state index in [4.69, 9.17) is 16.3 Å². The molecule has 0 unspecified atom stereocenters. The number of hydrogen-bond acceptors (Lipinski definition) is 3. The molecule has 0 saturated carbocycles. The third-order valence-corrected chi connectivity index (χ3v) is 4.77. The summed E-state index contributed by atoms with van der Waals surface area (Å²) in [5.74, 6) is -0.0192. The monoisotopic (exact) mass is 358 g/mol. The zero-order valence-electron chi connectivity index (χ0n) is 14.2. The lowest BCUT2D eigenvalue weighted by molar-refractivity contribution is -0.120. The van der Waals surface area contributed by atoms with Gasteiger partial charge in [0.15, 0.2) is 0 Å². The smallest absolute Gasteiger partial charge is 0.224 e. The van der Waals surface area contributed by atoms with Crippen LogP contribution in [0.3, 0.4) is 0 Å². The molecule has 0 radical (unpaired) electrons. The van der Waals surface area contributed by atoms with Gasteiger partial charge in [-0.25, -0.2) is 0 Å². The maximum Gasteiger partial charge on any atom is 0.224 e. The fraction of sp³-hybridized carbons (Fsp3) is 0.350. The van der Waals surface area contributed by atoms with Gasteiger partial charge in [0, 0.05) is 31.2 Å². The van der Waals surface area contributed by atoms with Crippen molar-refractivity contribution >= 4 is 17.5 Å². The Morgan fingerprint density at radius 2 is 1.64 bits per heavy atom. The van der Waals surface area contributed by atoms with Crippen LogP contribution in [0.1, 0.15) is 16.7 Å². The van der Waals surface area contributed by atoms with E-state index in [1.54, 1.807) is 0 Å². The number of nitrogens with zero attached hydrogens (tertiary/aromatic N) is 1. The van der Waals surface area contributed by atoms with E-state index in [0.717, 1.165) is 44.0 Å². The van der Waals surface area contributed by atoms with Crippen molar-refractivity contribution in [2.24, 2.45) is 0 Å². The number of nitrogens with one attached hydrogen (secondary N) is 1. The molecule has 1 aliphatic rings. The molecule has 2 aromatic carbocycles. The van der Waals surface area contributed by atoms with Crippen LogP contribution in [0, 0.1) is 0 Å². The SMILES string of the molecule is O=C(Cc1ccccc1Cl)NCc1ccccc1CN1CCOCC1. The first-order valence-corrected chi connectivity index (χ1v) is 8.97. The van der Waals surface area contributed by atoms with Crippen LogP contribution in [0.5, 0.6) is 0 Å². The van der Waals surface area contributed by atoms with Crippen LogP contribution in [0.4, 0.5) is 0 Å². The Kier molecular flexibility index (Phi) is 6.45. The van der Waals surface area contributed by atoms with Crippen LogP contribution in [-0.2, 0) is 29.0 Å². The maximum atomic E-state index is 12.2. The van der Waals surface area contributed by atoms with E-state index in [9.17, 15) is 4.79 Å². The lowest BCUT2D eigenvalue weighted by Gasteiger charge is -2.27. The van der Waals surface area contributed by atoms with Gasteiger partial charge in [0.05, 0.1) is 19.6 Å². The van der Waals surface area contributed by atoms with Crippen LogP contribution < -0.4 is 5.32 Å². The van der Waals surface area contributed by atoms with Crippen molar-refractivity contribution in [1.82, 2.24) is 10.2 Å². The summed E-state index contributed by atoms with van der Waals surface area (Å²) in [6.07, 6.45) is 0.297. The topological polar surface area (TPSA) is 41.6 Å². The molecule has 3 rings (SSSR count). The zero-order chi connectivity index (χ0) is 17.5. The van der Waals surface area contributed by atoms with Crippen molar-refractivity contribution < 1.29 is 9.53 Å². The van der Waals surface area contributed by atoms with Crippen molar-refractivity contribution in [3.63, 3.8) is 0 Å². The Balaban J connectivity index is 1.57. The predicted molar refractivity (Wildman–Crippen MR) is 99.5 cm³/mol. The van der Waals surface area contributed by atoms with Gasteiger partial charge in [-0.2, -0.15) is 0 Å². The molecule has 132 valence electrons. The fourth-order valence-electron chi connectivity index (χ4n) is 2.96. The molecule has 5 heteroatoms. The summed E-state index contributed by atoms with van der Waals surface area (Å²) < 4.78 is 5.40. The van der Waals surface area contributed by atoms with E-state index in [1.165, 1.54) is 5.56 Å². The highest BCUT2D eigenvalue weighted by Crippen LogP contribution is 2.16. The molecule has 1 amide bonds. The first kappa shape index (κ1) is 17.9. The minimum Gasteiger partial charge on any atom is -0.379 e. The van der Waals surface area contributed by atoms with Gasteiger partial charge in [-0.15, -0.1) is 0 Å². The van der Waals surface area contributed by atoms with Gasteiger partial charge in [0.2, 0.25) is 5.91 Å². The number of morpholine rings is 1. The lowest BCUT2D eigenvalue weighted by Crippen LogP contribution is -2.36. The number of ether oxygens (including phenoxy) is 1. The molecule has 1 heterocycles. The predicted octanol–water partition coefficient (Wildman–Crippen LogP) is 3.03. The largest absolute Gasteiger partial charge is 0.379 e. The Hall–Kier alpha value is -1.88. The van der Waals surface area contributed by atoms with Gasteiger partial charge in [0.1, 0.15) is 0 Å². The van der Waals surface area contributed by atoms with Gasteiger partial charge in [0.25, 0.3) is 0 Å². The molecule has 0 spiro atoms. The summed E-state index contributed by atoms with van der Waals surface area (Å²) in [6, 6.07) is 15.7. The molecule has 2 aromatic rings. The van der Waals surface area contributed by atoms with Crippen molar-refractivity contribution in [2.75, 3.05) is 26.3 Å². The van der Waals surface area contributed by atoms with Gasteiger partial charge in [-0.3, -0.25) is 9.69 Å². The molecule has 1 fully saturated rings. The van der Waals surface area contributed by atoms with Crippen molar-refractivity contribution in [3.05, 3.63) is 70.2 Å². The first-order chi connectivity index (χ1) is 12.2. The average molecular weight is 359 g/mol. The van der Waals surface area contributed by atoms with E-state index < -0.39 is 0 Å². The number of carbonyl (C=O) groups is 1. The molecule has 0 atom stereocenters. The summed E-state index contributed by atoms with van der Waals surface area (Å²) in [6.45, 7) is 4.90. The van der Waals surface area contributed by atoms with Crippen LogP contribution in [0.2, 0.25) is 5.02 Å². The fourth-order valence-corrected chi connectivity index (χ4v) is 3.16. The first-order valence-electron chi connectivity index (χ1n) is 8.59. The second-order valence-electron chi connectivity index (χ2n) is 6.20. The molecular weight excluding hydrogens is 336 g/mol. The maximum absolute atomic E-state index is 12.2. The summed E-state index contributed by atoms with van der Waals surface area (Å²) in [4.78, 5) is 14.6. The Morgan fingerprint density at radius 1 is 1.00 bits per heavy atom. The molecule has 0 aliphatic carbocycles. The highest BCUT2D eigenvalue weighted by Gasteiger charge is 2.13. The Morgan fingerprint density at radius 3 is 2.36 bits per heavy atom. The number of amides is 1. The van der Waals surface area contributed by atoms with Gasteiger partial charge in [-0.05, 0) is 22.8 Å². The molecule has 1 N–H and O–H groups in total. The van der Waals surface area contributed by atoms with Crippen molar-refractivity contribution in [1.29, 1.82) is 0 Å².